The van der Waals surface area contributed by atoms with Gasteiger partial charge in [0.15, 0.2) is 0 Å². The van der Waals surface area contributed by atoms with Crippen LogP contribution >= 0.6 is 11.8 Å². The predicted octanol–water partition coefficient (Wildman–Crippen LogP) is 3.95. The van der Waals surface area contributed by atoms with Crippen molar-refractivity contribution in [2.45, 2.75) is 6.92 Å². The third-order valence-electron chi connectivity index (χ3n) is 3.31. The first-order valence-corrected chi connectivity index (χ1v) is 8.31. The Bertz CT molecular complexity index is 608. The lowest BCUT2D eigenvalue weighted by molar-refractivity contribution is 0.414. The highest BCUT2D eigenvalue weighted by Gasteiger charge is 2.16. The molecule has 0 aromatic heterocycles. The molecule has 5 heteroatoms. The summed E-state index contributed by atoms with van der Waals surface area (Å²) in [5.74, 6) is 1.55. The molecule has 0 saturated carbocycles. The molecule has 0 unspecified atom stereocenters. The molecule has 1 aromatic rings. The molecule has 0 amide bonds. The van der Waals surface area contributed by atoms with Gasteiger partial charge in [-0.2, -0.15) is 0 Å². The van der Waals surface area contributed by atoms with Crippen molar-refractivity contribution in [2.24, 2.45) is 4.99 Å². The largest absolute Gasteiger partial charge is 0.497 e. The number of likely N-dealkylation sites (N-methyl/N-ethyl adjacent to an activating group) is 2. The maximum Gasteiger partial charge on any atom is 0.119 e. The topological polar surface area (TPSA) is 36.9 Å². The molecule has 0 fully saturated rings. The number of thioether (sulfide) groups is 1. The molecule has 1 N–H and O–H groups in total. The van der Waals surface area contributed by atoms with Crippen molar-refractivity contribution < 1.29 is 4.74 Å². The molecule has 0 radical (unpaired) electrons. The van der Waals surface area contributed by atoms with Gasteiger partial charge in [-0.05, 0) is 31.2 Å². The summed E-state index contributed by atoms with van der Waals surface area (Å²) in [5.41, 5.74) is 3.73. The Morgan fingerprint density at radius 3 is 2.74 bits per heavy atom. The van der Waals surface area contributed by atoms with E-state index in [-0.39, 0.29) is 0 Å². The number of hydrogen-bond acceptors (Lipinski definition) is 5. The van der Waals surface area contributed by atoms with Crippen molar-refractivity contribution in [1.29, 1.82) is 0 Å². The van der Waals surface area contributed by atoms with Crippen LogP contribution in [0.4, 0.5) is 0 Å². The van der Waals surface area contributed by atoms with Gasteiger partial charge in [0.05, 0.1) is 30.1 Å². The van der Waals surface area contributed by atoms with Crippen LogP contribution in [0, 0.1) is 0 Å². The van der Waals surface area contributed by atoms with Gasteiger partial charge < -0.3 is 15.0 Å². The van der Waals surface area contributed by atoms with Crippen molar-refractivity contribution >= 4 is 24.2 Å². The fraction of sp³-hybridized carbons (Fsp3) is 0.278. The van der Waals surface area contributed by atoms with Crippen LogP contribution in [0.5, 0.6) is 5.75 Å². The Kier molecular flexibility index (Phi) is 8.05. The maximum atomic E-state index is 5.32. The van der Waals surface area contributed by atoms with E-state index in [4.69, 9.17) is 4.74 Å². The van der Waals surface area contributed by atoms with Crippen molar-refractivity contribution in [3.63, 3.8) is 0 Å². The van der Waals surface area contributed by atoms with E-state index in [1.54, 1.807) is 18.9 Å². The normalized spacial score (nSPS) is 12.3. The summed E-state index contributed by atoms with van der Waals surface area (Å²) in [6.07, 6.45) is 2.02. The van der Waals surface area contributed by atoms with E-state index in [0.717, 1.165) is 34.3 Å². The lowest BCUT2D eigenvalue weighted by Gasteiger charge is -2.26. The van der Waals surface area contributed by atoms with Gasteiger partial charge in [-0.3, -0.25) is 4.99 Å². The summed E-state index contributed by atoms with van der Waals surface area (Å²) < 4.78 is 5.32. The van der Waals surface area contributed by atoms with Crippen LogP contribution < -0.4 is 10.1 Å². The zero-order valence-corrected chi connectivity index (χ0v) is 15.1. The van der Waals surface area contributed by atoms with Crippen LogP contribution in [0.15, 0.2) is 58.7 Å². The number of aliphatic imine (C=N–C) groups is 1. The number of allylic oxidation sites excluding steroid dienone is 1. The van der Waals surface area contributed by atoms with E-state index in [9.17, 15) is 0 Å². The molecule has 0 saturated heterocycles. The van der Waals surface area contributed by atoms with Crippen LogP contribution in [-0.2, 0) is 0 Å². The molecule has 1 rings (SSSR count). The first-order valence-electron chi connectivity index (χ1n) is 7.26. The minimum atomic E-state index is 0.765. The van der Waals surface area contributed by atoms with E-state index >= 15 is 0 Å². The number of rotatable bonds is 9. The highest BCUT2D eigenvalue weighted by atomic mass is 32.2. The average Bonchev–Trinajstić information content (AvgIpc) is 2.60. The molecule has 0 bridgehead atoms. The Hall–Kier alpha value is -2.14. The Labute approximate surface area is 143 Å². The summed E-state index contributed by atoms with van der Waals surface area (Å²) in [6.45, 7) is 9.52. The van der Waals surface area contributed by atoms with Gasteiger partial charge in [-0.25, -0.2) is 0 Å². The smallest absolute Gasteiger partial charge is 0.119 e. The lowest BCUT2D eigenvalue weighted by atomic mass is 10.1. The molecular weight excluding hydrogens is 306 g/mol. The molecule has 4 nitrogen and oxygen atoms in total. The third kappa shape index (κ3) is 4.93. The quantitative estimate of drug-likeness (QED) is 0.422. The molecule has 23 heavy (non-hydrogen) atoms. The highest BCUT2D eigenvalue weighted by molar-refractivity contribution is 8.02. The second-order valence-electron chi connectivity index (χ2n) is 4.70. The second-order valence-corrected chi connectivity index (χ2v) is 5.62. The minimum Gasteiger partial charge on any atom is -0.497 e. The number of methoxy groups -OCH3 is 1. The van der Waals surface area contributed by atoms with E-state index in [1.165, 1.54) is 0 Å². The van der Waals surface area contributed by atoms with Gasteiger partial charge in [0.2, 0.25) is 0 Å². The van der Waals surface area contributed by atoms with E-state index in [1.807, 2.05) is 56.8 Å². The fourth-order valence-electron chi connectivity index (χ4n) is 2.22. The van der Waals surface area contributed by atoms with Crippen molar-refractivity contribution in [3.8, 4) is 5.75 Å². The van der Waals surface area contributed by atoms with Gasteiger partial charge in [-0.15, -0.1) is 11.8 Å². The van der Waals surface area contributed by atoms with E-state index in [2.05, 4.69) is 28.5 Å². The van der Waals surface area contributed by atoms with Crippen molar-refractivity contribution in [1.82, 2.24) is 10.2 Å². The van der Waals surface area contributed by atoms with Gasteiger partial charge in [-0.1, -0.05) is 24.8 Å². The zero-order valence-electron chi connectivity index (χ0n) is 14.3. The fourth-order valence-corrected chi connectivity index (χ4v) is 2.67. The standard InChI is InChI=1S/C18H25N3OS/c1-7-16(19-3)18(21(5)13-23-8-2)17(20-4)14-10-9-11-15(12-14)22-6/h7-12,19H,2,4,13H2,1,3,5-6H3/b16-7-,18-17-. The number of ether oxygens (including phenoxy) is 1. The molecule has 0 aliphatic rings. The van der Waals surface area contributed by atoms with Crippen molar-refractivity contribution in [2.75, 3.05) is 27.1 Å². The summed E-state index contributed by atoms with van der Waals surface area (Å²) in [4.78, 5) is 6.42. The first kappa shape index (κ1) is 18.9. The lowest BCUT2D eigenvalue weighted by Crippen LogP contribution is -2.24. The highest BCUT2D eigenvalue weighted by Crippen LogP contribution is 2.29. The second kappa shape index (κ2) is 9.79. The first-order chi connectivity index (χ1) is 11.1. The molecular formula is C18H25N3OS. The third-order valence-corrected chi connectivity index (χ3v) is 4.08. The summed E-state index contributed by atoms with van der Waals surface area (Å²) in [6, 6.07) is 7.82. The number of nitrogens with zero attached hydrogens (tertiary/aromatic N) is 2. The molecule has 0 heterocycles. The van der Waals surface area contributed by atoms with Crippen LogP contribution in [0.1, 0.15) is 12.5 Å². The monoisotopic (exact) mass is 331 g/mol. The molecule has 0 aliphatic carbocycles. The van der Waals surface area contributed by atoms with Crippen molar-refractivity contribution in [3.05, 3.63) is 59.3 Å². The predicted molar refractivity (Wildman–Crippen MR) is 103 cm³/mol. The number of nitrogens with one attached hydrogen (secondary N) is 1. The van der Waals surface area contributed by atoms with Crippen LogP contribution in [0.25, 0.3) is 5.70 Å². The molecule has 0 aliphatic heterocycles. The summed E-state index contributed by atoms with van der Waals surface area (Å²) in [7, 11) is 5.58. The molecule has 1 aromatic carbocycles. The van der Waals surface area contributed by atoms with Gasteiger partial charge in [0.1, 0.15) is 5.75 Å². The van der Waals surface area contributed by atoms with Crippen LogP contribution in [0.2, 0.25) is 0 Å². The maximum absolute atomic E-state index is 5.32. The average molecular weight is 331 g/mol. The molecule has 0 spiro atoms. The zero-order chi connectivity index (χ0) is 17.2. The number of hydrogen-bond donors (Lipinski definition) is 1. The summed E-state index contributed by atoms with van der Waals surface area (Å²) in [5, 5.41) is 5.06. The SMILES string of the molecule is C=CSCN(C)C(/C(=C/C)NC)=C(\N=C)c1cccc(OC)c1. The van der Waals surface area contributed by atoms with Gasteiger partial charge in [0.25, 0.3) is 0 Å². The molecule has 124 valence electrons. The number of benzene rings is 1. The molecule has 0 atom stereocenters. The van der Waals surface area contributed by atoms with Crippen LogP contribution in [0.3, 0.4) is 0 Å². The Morgan fingerprint density at radius 1 is 1.48 bits per heavy atom. The Balaban J connectivity index is 3.49. The van der Waals surface area contributed by atoms with E-state index in [0.29, 0.717) is 0 Å². The Morgan fingerprint density at radius 2 is 2.22 bits per heavy atom. The summed E-state index contributed by atoms with van der Waals surface area (Å²) >= 11 is 1.63. The van der Waals surface area contributed by atoms with Crippen LogP contribution in [-0.4, -0.2) is 38.7 Å². The van der Waals surface area contributed by atoms with Gasteiger partial charge >= 0.3 is 0 Å². The van der Waals surface area contributed by atoms with E-state index < -0.39 is 0 Å². The minimum absolute atomic E-state index is 0.765. The van der Waals surface area contributed by atoms with Gasteiger partial charge in [0, 0.05) is 19.7 Å².